The predicted molar refractivity (Wildman–Crippen MR) is 63.4 cm³/mol. The Balaban J connectivity index is 2.41. The average Bonchev–Trinajstić information content (AvgIpc) is 2.30. The Kier molecular flexibility index (Phi) is 2.77. The van der Waals surface area contributed by atoms with Crippen LogP contribution in [0.5, 0.6) is 0 Å². The highest BCUT2D eigenvalue weighted by molar-refractivity contribution is 6.02. The lowest BCUT2D eigenvalue weighted by Gasteiger charge is -2.05. The van der Waals surface area contributed by atoms with E-state index in [-0.39, 0.29) is 0 Å². The number of carbonyl (C=O) groups is 1. The van der Waals surface area contributed by atoms with Gasteiger partial charge in [-0.15, -0.1) is 0 Å². The zero-order chi connectivity index (χ0) is 11.4. The molecule has 0 bridgehead atoms. The van der Waals surface area contributed by atoms with Gasteiger partial charge < -0.3 is 11.1 Å². The highest BCUT2D eigenvalue weighted by Crippen LogP contribution is 2.21. The van der Waals surface area contributed by atoms with Gasteiger partial charge in [0.15, 0.2) is 0 Å². The number of nitrogens with two attached hydrogens (primary N) is 1. The summed E-state index contributed by atoms with van der Waals surface area (Å²) >= 11 is 0. The summed E-state index contributed by atoms with van der Waals surface area (Å²) in [5.74, 6) is 0. The molecule has 0 atom stereocenters. The first-order valence-corrected chi connectivity index (χ1v) is 4.69. The van der Waals surface area contributed by atoms with Crippen molar-refractivity contribution in [2.24, 2.45) is 10.7 Å². The van der Waals surface area contributed by atoms with Gasteiger partial charge in [0.2, 0.25) is 0 Å². The van der Waals surface area contributed by atoms with Gasteiger partial charge >= 0.3 is 6.03 Å². The molecule has 0 radical (unpaired) electrons. The van der Waals surface area contributed by atoms with E-state index in [1.165, 1.54) is 0 Å². The molecule has 0 fully saturated rings. The number of pyridine rings is 1. The number of fused-ring (bicyclic) bond motifs is 1. The molecule has 0 unspecified atom stereocenters. The van der Waals surface area contributed by atoms with Crippen LogP contribution in [0.25, 0.3) is 10.8 Å². The number of carbonyl (C=O) groups excluding carboxylic acids is 1. The summed E-state index contributed by atoms with van der Waals surface area (Å²) in [6.45, 7) is 0. The second-order valence-corrected chi connectivity index (χ2v) is 3.11. The molecule has 1 heterocycles. The molecule has 0 aliphatic carbocycles. The molecule has 0 aliphatic rings. The van der Waals surface area contributed by atoms with E-state index in [1.54, 1.807) is 18.5 Å². The number of hydrogen-bond donors (Lipinski definition) is 2. The van der Waals surface area contributed by atoms with Gasteiger partial charge in [-0.2, -0.15) is 4.99 Å². The number of nitrogens with one attached hydrogen (secondary N) is 1. The third kappa shape index (κ3) is 1.98. The SMILES string of the molecule is N/C=N\C(=O)Nc1cccc2cnccc12. The first-order valence-electron chi connectivity index (χ1n) is 4.69. The van der Waals surface area contributed by atoms with Gasteiger partial charge in [0.1, 0.15) is 0 Å². The van der Waals surface area contributed by atoms with Crippen LogP contribution in [0.3, 0.4) is 0 Å². The van der Waals surface area contributed by atoms with Crippen molar-refractivity contribution >= 4 is 28.8 Å². The molecule has 0 saturated heterocycles. The number of urea groups is 1. The summed E-state index contributed by atoms with van der Waals surface area (Å²) in [7, 11) is 0. The van der Waals surface area contributed by atoms with Crippen molar-refractivity contribution in [2.75, 3.05) is 5.32 Å². The smallest absolute Gasteiger partial charge is 0.346 e. The summed E-state index contributed by atoms with van der Waals surface area (Å²) in [6, 6.07) is 6.89. The van der Waals surface area contributed by atoms with Crippen LogP contribution in [0.4, 0.5) is 10.5 Å². The van der Waals surface area contributed by atoms with E-state index in [0.29, 0.717) is 5.69 Å². The molecule has 5 heteroatoms. The van der Waals surface area contributed by atoms with Crippen LogP contribution >= 0.6 is 0 Å². The highest BCUT2D eigenvalue weighted by atomic mass is 16.2. The molecule has 5 nitrogen and oxygen atoms in total. The standard InChI is InChI=1S/C11H10N4O/c12-7-14-11(16)15-10-3-1-2-8-6-13-5-4-9(8)10/h1-7H,(H3,12,14,15,16). The summed E-state index contributed by atoms with van der Waals surface area (Å²) < 4.78 is 0. The van der Waals surface area contributed by atoms with Crippen LogP contribution in [0.15, 0.2) is 41.7 Å². The molecule has 80 valence electrons. The molecule has 1 aromatic heterocycles. The fourth-order valence-corrected chi connectivity index (χ4v) is 1.45. The molecular formula is C11H10N4O. The number of amides is 2. The van der Waals surface area contributed by atoms with Gasteiger partial charge in [0, 0.05) is 23.2 Å². The van der Waals surface area contributed by atoms with E-state index in [0.717, 1.165) is 17.1 Å². The van der Waals surface area contributed by atoms with Crippen LogP contribution in [0.2, 0.25) is 0 Å². The van der Waals surface area contributed by atoms with Crippen molar-refractivity contribution in [2.45, 2.75) is 0 Å². The Bertz CT molecular complexity index is 545. The van der Waals surface area contributed by atoms with E-state index < -0.39 is 6.03 Å². The van der Waals surface area contributed by atoms with E-state index >= 15 is 0 Å². The van der Waals surface area contributed by atoms with Gasteiger partial charge in [0.05, 0.1) is 12.0 Å². The van der Waals surface area contributed by atoms with Gasteiger partial charge in [0.25, 0.3) is 0 Å². The van der Waals surface area contributed by atoms with Crippen molar-refractivity contribution in [3.63, 3.8) is 0 Å². The lowest BCUT2D eigenvalue weighted by molar-refractivity contribution is 0.259. The molecule has 2 amide bonds. The number of anilines is 1. The third-order valence-electron chi connectivity index (χ3n) is 2.11. The number of hydrogen-bond acceptors (Lipinski definition) is 2. The number of benzene rings is 1. The molecule has 1 aromatic carbocycles. The van der Waals surface area contributed by atoms with Gasteiger partial charge in [-0.05, 0) is 12.1 Å². The van der Waals surface area contributed by atoms with Gasteiger partial charge in [-0.25, -0.2) is 4.79 Å². The van der Waals surface area contributed by atoms with Crippen LogP contribution in [0.1, 0.15) is 0 Å². The minimum atomic E-state index is -0.494. The Morgan fingerprint density at radius 2 is 2.31 bits per heavy atom. The molecule has 0 aliphatic heterocycles. The van der Waals surface area contributed by atoms with Gasteiger partial charge in [-0.1, -0.05) is 12.1 Å². The van der Waals surface area contributed by atoms with E-state index in [2.05, 4.69) is 15.3 Å². The van der Waals surface area contributed by atoms with Crippen LogP contribution in [-0.2, 0) is 0 Å². The summed E-state index contributed by atoms with van der Waals surface area (Å²) in [5.41, 5.74) is 5.72. The lowest BCUT2D eigenvalue weighted by Crippen LogP contribution is -2.08. The fourth-order valence-electron chi connectivity index (χ4n) is 1.45. The number of nitrogens with zero attached hydrogens (tertiary/aromatic N) is 2. The van der Waals surface area contributed by atoms with Crippen molar-refractivity contribution in [1.29, 1.82) is 0 Å². The monoisotopic (exact) mass is 214 g/mol. The van der Waals surface area contributed by atoms with Crippen LogP contribution < -0.4 is 11.1 Å². The van der Waals surface area contributed by atoms with Crippen molar-refractivity contribution in [3.8, 4) is 0 Å². The molecule has 3 N–H and O–H groups in total. The quantitative estimate of drug-likeness (QED) is 0.560. The summed E-state index contributed by atoms with van der Waals surface area (Å²) in [5, 5.41) is 4.51. The van der Waals surface area contributed by atoms with Crippen molar-refractivity contribution in [1.82, 2.24) is 4.98 Å². The lowest BCUT2D eigenvalue weighted by atomic mass is 10.1. The van der Waals surface area contributed by atoms with Crippen molar-refractivity contribution < 1.29 is 4.79 Å². The van der Waals surface area contributed by atoms with Gasteiger partial charge in [-0.3, -0.25) is 4.98 Å². The summed E-state index contributed by atoms with van der Waals surface area (Å²) in [6.07, 6.45) is 4.36. The fraction of sp³-hybridized carbons (Fsp3) is 0. The minimum absolute atomic E-state index is 0.494. The predicted octanol–water partition coefficient (Wildman–Crippen LogP) is 1.75. The normalized spacial score (nSPS) is 10.8. The van der Waals surface area contributed by atoms with E-state index in [9.17, 15) is 4.79 Å². The summed E-state index contributed by atoms with van der Waals surface area (Å²) in [4.78, 5) is 18.7. The molecule has 2 aromatic rings. The molecule has 0 spiro atoms. The Morgan fingerprint density at radius 1 is 1.44 bits per heavy atom. The second-order valence-electron chi connectivity index (χ2n) is 3.11. The molecule has 0 saturated carbocycles. The first-order chi connectivity index (χ1) is 7.81. The third-order valence-corrected chi connectivity index (χ3v) is 2.11. The Labute approximate surface area is 92.0 Å². The van der Waals surface area contributed by atoms with Crippen LogP contribution in [0, 0.1) is 0 Å². The maximum Gasteiger partial charge on any atom is 0.346 e. The number of aromatic nitrogens is 1. The molecule has 16 heavy (non-hydrogen) atoms. The topological polar surface area (TPSA) is 80.4 Å². The largest absolute Gasteiger partial charge is 0.390 e. The van der Waals surface area contributed by atoms with Crippen molar-refractivity contribution in [3.05, 3.63) is 36.7 Å². The van der Waals surface area contributed by atoms with Crippen LogP contribution in [-0.4, -0.2) is 17.4 Å². The molecule has 2 rings (SSSR count). The molecular weight excluding hydrogens is 204 g/mol. The average molecular weight is 214 g/mol. The van der Waals surface area contributed by atoms with E-state index in [1.807, 2.05) is 18.2 Å². The minimum Gasteiger partial charge on any atom is -0.390 e. The second kappa shape index (κ2) is 4.39. The number of rotatable bonds is 1. The maximum absolute atomic E-state index is 11.3. The highest BCUT2D eigenvalue weighted by Gasteiger charge is 2.03. The number of aliphatic imine (C=N–C) groups is 1. The maximum atomic E-state index is 11.3. The first kappa shape index (κ1) is 10.1. The van der Waals surface area contributed by atoms with E-state index in [4.69, 9.17) is 5.73 Å². The zero-order valence-corrected chi connectivity index (χ0v) is 8.42. The Morgan fingerprint density at radius 3 is 3.12 bits per heavy atom. The Hall–Kier alpha value is -2.43. The zero-order valence-electron chi connectivity index (χ0n) is 8.42.